The number of aromatic nitrogens is 2. The standard InChI is InChI=1S/C7H9F2N3OS/c1-4(7(2,8)9)10-6(13)5-3-14-12-11-5/h3-4H,1-2H3,(H,10,13). The Balaban J connectivity index is 2.58. The number of nitrogens with one attached hydrogen (secondary N) is 1. The average molecular weight is 221 g/mol. The molecule has 1 unspecified atom stereocenters. The maximum Gasteiger partial charge on any atom is 0.273 e. The molecule has 0 bridgehead atoms. The Labute approximate surface area is 83.5 Å². The molecule has 0 aromatic carbocycles. The van der Waals surface area contributed by atoms with Crippen molar-refractivity contribution in [1.82, 2.24) is 14.9 Å². The molecule has 0 aliphatic rings. The third-order valence-electron chi connectivity index (χ3n) is 1.70. The smallest absolute Gasteiger partial charge is 0.273 e. The highest BCUT2D eigenvalue weighted by molar-refractivity contribution is 7.03. The number of hydrogen-bond acceptors (Lipinski definition) is 4. The molecule has 78 valence electrons. The number of alkyl halides is 2. The fourth-order valence-corrected chi connectivity index (χ4v) is 1.10. The van der Waals surface area contributed by atoms with Gasteiger partial charge in [-0.2, -0.15) is 0 Å². The van der Waals surface area contributed by atoms with Gasteiger partial charge in [0.15, 0.2) is 5.69 Å². The molecule has 1 rings (SSSR count). The monoisotopic (exact) mass is 221 g/mol. The number of carbonyl (C=O) groups excluding carboxylic acids is 1. The van der Waals surface area contributed by atoms with E-state index in [9.17, 15) is 13.6 Å². The predicted molar refractivity (Wildman–Crippen MR) is 47.5 cm³/mol. The van der Waals surface area contributed by atoms with E-state index in [-0.39, 0.29) is 5.69 Å². The van der Waals surface area contributed by atoms with Crippen LogP contribution < -0.4 is 5.32 Å². The first-order chi connectivity index (χ1) is 6.41. The van der Waals surface area contributed by atoms with Gasteiger partial charge in [-0.05, 0) is 18.5 Å². The minimum atomic E-state index is -2.95. The molecule has 1 aromatic heterocycles. The highest BCUT2D eigenvalue weighted by Crippen LogP contribution is 2.16. The van der Waals surface area contributed by atoms with Crippen molar-refractivity contribution >= 4 is 17.4 Å². The van der Waals surface area contributed by atoms with Crippen LogP contribution in [0.2, 0.25) is 0 Å². The molecule has 0 aliphatic carbocycles. The van der Waals surface area contributed by atoms with Gasteiger partial charge in [0.2, 0.25) is 0 Å². The lowest BCUT2D eigenvalue weighted by Gasteiger charge is -2.19. The fraction of sp³-hybridized carbons (Fsp3) is 0.571. The van der Waals surface area contributed by atoms with E-state index in [1.54, 1.807) is 0 Å². The van der Waals surface area contributed by atoms with Gasteiger partial charge in [0.05, 0.1) is 6.04 Å². The van der Waals surface area contributed by atoms with Gasteiger partial charge in [-0.15, -0.1) is 5.10 Å². The highest BCUT2D eigenvalue weighted by Gasteiger charge is 2.31. The zero-order chi connectivity index (χ0) is 10.8. The maximum absolute atomic E-state index is 12.7. The van der Waals surface area contributed by atoms with Gasteiger partial charge in [-0.1, -0.05) is 4.49 Å². The Kier molecular flexibility index (Phi) is 3.10. The lowest BCUT2D eigenvalue weighted by atomic mass is 10.2. The zero-order valence-electron chi connectivity index (χ0n) is 7.62. The zero-order valence-corrected chi connectivity index (χ0v) is 8.44. The number of nitrogens with zero attached hydrogens (tertiary/aromatic N) is 2. The summed E-state index contributed by atoms with van der Waals surface area (Å²) in [4.78, 5) is 11.2. The first-order valence-corrected chi connectivity index (χ1v) is 4.70. The third kappa shape index (κ3) is 2.69. The minimum Gasteiger partial charge on any atom is -0.342 e. The van der Waals surface area contributed by atoms with E-state index in [2.05, 4.69) is 14.9 Å². The molecule has 0 aliphatic heterocycles. The number of rotatable bonds is 3. The van der Waals surface area contributed by atoms with Crippen LogP contribution >= 0.6 is 11.5 Å². The van der Waals surface area contributed by atoms with Crippen LogP contribution in [0.4, 0.5) is 8.78 Å². The topological polar surface area (TPSA) is 54.9 Å². The van der Waals surface area contributed by atoms with Crippen molar-refractivity contribution in [2.24, 2.45) is 0 Å². The Hall–Kier alpha value is -1.11. The lowest BCUT2D eigenvalue weighted by molar-refractivity contribution is -0.0108. The second-order valence-corrected chi connectivity index (χ2v) is 3.55. The predicted octanol–water partition coefficient (Wildman–Crippen LogP) is 1.31. The summed E-state index contributed by atoms with van der Waals surface area (Å²) >= 11 is 0.993. The molecular weight excluding hydrogens is 212 g/mol. The number of amides is 1. The summed E-state index contributed by atoms with van der Waals surface area (Å²) in [5.74, 6) is -3.58. The summed E-state index contributed by atoms with van der Waals surface area (Å²) in [6.45, 7) is 1.98. The normalized spacial score (nSPS) is 13.7. The summed E-state index contributed by atoms with van der Waals surface area (Å²) < 4.78 is 28.8. The van der Waals surface area contributed by atoms with Crippen LogP contribution in [0.15, 0.2) is 5.38 Å². The molecule has 1 aromatic rings. The van der Waals surface area contributed by atoms with Crippen LogP contribution in [-0.4, -0.2) is 27.5 Å². The van der Waals surface area contributed by atoms with Gasteiger partial charge in [-0.3, -0.25) is 4.79 Å². The van der Waals surface area contributed by atoms with E-state index in [4.69, 9.17) is 0 Å². The summed E-state index contributed by atoms with van der Waals surface area (Å²) in [6, 6.07) is -1.23. The van der Waals surface area contributed by atoms with Crippen molar-refractivity contribution in [3.63, 3.8) is 0 Å². The first-order valence-electron chi connectivity index (χ1n) is 3.87. The van der Waals surface area contributed by atoms with Crippen molar-refractivity contribution < 1.29 is 13.6 Å². The quantitative estimate of drug-likeness (QED) is 0.837. The van der Waals surface area contributed by atoms with E-state index < -0.39 is 17.9 Å². The Morgan fingerprint density at radius 3 is 2.79 bits per heavy atom. The molecular formula is C7H9F2N3OS. The van der Waals surface area contributed by atoms with Crippen LogP contribution in [0.3, 0.4) is 0 Å². The molecule has 1 amide bonds. The van der Waals surface area contributed by atoms with E-state index in [0.29, 0.717) is 0 Å². The van der Waals surface area contributed by atoms with Crippen LogP contribution in [0.5, 0.6) is 0 Å². The second kappa shape index (κ2) is 3.95. The van der Waals surface area contributed by atoms with Gasteiger partial charge in [0.1, 0.15) is 0 Å². The van der Waals surface area contributed by atoms with Crippen LogP contribution in [0.1, 0.15) is 24.3 Å². The molecule has 0 saturated heterocycles. The Morgan fingerprint density at radius 2 is 2.36 bits per heavy atom. The highest BCUT2D eigenvalue weighted by atomic mass is 32.1. The van der Waals surface area contributed by atoms with E-state index in [0.717, 1.165) is 18.5 Å². The van der Waals surface area contributed by atoms with Crippen molar-refractivity contribution in [3.8, 4) is 0 Å². The Bertz CT molecular complexity index is 309. The van der Waals surface area contributed by atoms with E-state index in [1.165, 1.54) is 12.3 Å². The second-order valence-electron chi connectivity index (χ2n) is 2.94. The summed E-state index contributed by atoms with van der Waals surface area (Å²) in [5.41, 5.74) is 0.0612. The van der Waals surface area contributed by atoms with Crippen molar-refractivity contribution in [1.29, 1.82) is 0 Å². The largest absolute Gasteiger partial charge is 0.342 e. The molecule has 0 fully saturated rings. The van der Waals surface area contributed by atoms with Crippen molar-refractivity contribution in [3.05, 3.63) is 11.1 Å². The van der Waals surface area contributed by atoms with Crippen LogP contribution in [-0.2, 0) is 0 Å². The van der Waals surface area contributed by atoms with Crippen LogP contribution in [0.25, 0.3) is 0 Å². The maximum atomic E-state index is 12.7. The first kappa shape index (κ1) is 11.0. The van der Waals surface area contributed by atoms with E-state index in [1.807, 2.05) is 0 Å². The van der Waals surface area contributed by atoms with Crippen LogP contribution in [0, 0.1) is 0 Å². The number of hydrogen-bond donors (Lipinski definition) is 1. The molecule has 1 N–H and O–H groups in total. The SMILES string of the molecule is CC(NC(=O)c1csnn1)C(C)(F)F. The van der Waals surface area contributed by atoms with Gasteiger partial charge < -0.3 is 5.32 Å². The molecule has 0 radical (unpaired) electrons. The van der Waals surface area contributed by atoms with Gasteiger partial charge in [0, 0.05) is 12.3 Å². The summed E-state index contributed by atoms with van der Waals surface area (Å²) in [5, 5.41) is 7.00. The van der Waals surface area contributed by atoms with Gasteiger partial charge in [-0.25, -0.2) is 8.78 Å². The Morgan fingerprint density at radius 1 is 1.71 bits per heavy atom. The average Bonchev–Trinajstić information content (AvgIpc) is 2.53. The van der Waals surface area contributed by atoms with Gasteiger partial charge >= 0.3 is 0 Å². The van der Waals surface area contributed by atoms with Crippen molar-refractivity contribution in [2.45, 2.75) is 25.8 Å². The molecule has 0 spiro atoms. The third-order valence-corrected chi connectivity index (χ3v) is 2.21. The molecule has 1 heterocycles. The molecule has 0 saturated carbocycles. The minimum absolute atomic E-state index is 0.0612. The number of carbonyl (C=O) groups is 1. The molecule has 4 nitrogen and oxygen atoms in total. The van der Waals surface area contributed by atoms with Gasteiger partial charge in [0.25, 0.3) is 11.8 Å². The lowest BCUT2D eigenvalue weighted by Crippen LogP contribution is -2.43. The molecule has 1 atom stereocenters. The number of halogens is 2. The fourth-order valence-electron chi connectivity index (χ4n) is 0.661. The van der Waals surface area contributed by atoms with E-state index >= 15 is 0 Å². The molecule has 7 heteroatoms. The summed E-state index contributed by atoms with van der Waals surface area (Å²) in [7, 11) is 0. The molecule has 14 heavy (non-hydrogen) atoms. The summed E-state index contributed by atoms with van der Waals surface area (Å²) in [6.07, 6.45) is 0. The van der Waals surface area contributed by atoms with Crippen molar-refractivity contribution in [2.75, 3.05) is 0 Å².